The van der Waals surface area contributed by atoms with Crippen LogP contribution in [0.3, 0.4) is 0 Å². The number of nitrogens with one attached hydrogen (secondary N) is 1. The van der Waals surface area contributed by atoms with Crippen molar-refractivity contribution in [2.45, 2.75) is 53.1 Å². The van der Waals surface area contributed by atoms with Crippen molar-refractivity contribution in [3.63, 3.8) is 0 Å². The van der Waals surface area contributed by atoms with E-state index in [-0.39, 0.29) is 11.9 Å². The van der Waals surface area contributed by atoms with Crippen LogP contribution in [0.4, 0.5) is 0 Å². The van der Waals surface area contributed by atoms with E-state index in [1.165, 1.54) is 0 Å². The quantitative estimate of drug-likeness (QED) is 0.755. The zero-order valence-electron chi connectivity index (χ0n) is 11.9. The van der Waals surface area contributed by atoms with Gasteiger partial charge < -0.3 is 10.2 Å². The predicted octanol–water partition coefficient (Wildman–Crippen LogP) is 2.12. The summed E-state index contributed by atoms with van der Waals surface area (Å²) in [6.45, 7) is 10.8. The van der Waals surface area contributed by atoms with Crippen molar-refractivity contribution in [1.82, 2.24) is 10.2 Å². The smallest absolute Gasteiger partial charge is 0.239 e. The fourth-order valence-corrected chi connectivity index (χ4v) is 1.53. The molecule has 0 spiro atoms. The molecule has 0 fully saturated rings. The molecule has 3 nitrogen and oxygen atoms in total. The molecular weight excluding hydrogens is 200 g/mol. The van der Waals surface area contributed by atoms with Gasteiger partial charge in [0.15, 0.2) is 0 Å². The molecule has 3 heteroatoms. The summed E-state index contributed by atoms with van der Waals surface area (Å²) in [5, 5.41) is 3.44. The van der Waals surface area contributed by atoms with Crippen LogP contribution in [0.5, 0.6) is 0 Å². The second kappa shape index (κ2) is 6.89. The highest BCUT2D eigenvalue weighted by atomic mass is 16.2. The van der Waals surface area contributed by atoms with Crippen LogP contribution >= 0.6 is 0 Å². The molecule has 2 unspecified atom stereocenters. The number of nitrogens with zero attached hydrogens (tertiary/aromatic N) is 1. The van der Waals surface area contributed by atoms with Crippen molar-refractivity contribution in [2.75, 3.05) is 14.1 Å². The number of likely N-dealkylation sites (N-methyl/N-ethyl adjacent to an activating group) is 1. The molecule has 1 N–H and O–H groups in total. The second-order valence-electron chi connectivity index (χ2n) is 5.61. The maximum atomic E-state index is 12.0. The van der Waals surface area contributed by atoms with E-state index in [9.17, 15) is 4.79 Å². The fraction of sp³-hybridized carbons (Fsp3) is 0.923. The maximum absolute atomic E-state index is 12.0. The van der Waals surface area contributed by atoms with Crippen LogP contribution < -0.4 is 5.32 Å². The average Bonchev–Trinajstić information content (AvgIpc) is 2.14. The minimum atomic E-state index is -0.0487. The van der Waals surface area contributed by atoms with Crippen LogP contribution in [-0.2, 0) is 4.79 Å². The van der Waals surface area contributed by atoms with Crippen molar-refractivity contribution < 1.29 is 4.79 Å². The Labute approximate surface area is 101 Å². The van der Waals surface area contributed by atoms with E-state index in [1.807, 2.05) is 14.1 Å². The predicted molar refractivity (Wildman–Crippen MR) is 69.4 cm³/mol. The third-order valence-corrected chi connectivity index (χ3v) is 2.91. The molecule has 0 aliphatic heterocycles. The van der Waals surface area contributed by atoms with Gasteiger partial charge in [0.2, 0.25) is 5.91 Å². The second-order valence-corrected chi connectivity index (χ2v) is 5.61. The Morgan fingerprint density at radius 2 is 1.62 bits per heavy atom. The maximum Gasteiger partial charge on any atom is 0.239 e. The lowest BCUT2D eigenvalue weighted by Crippen LogP contribution is -2.49. The Morgan fingerprint density at radius 3 is 1.94 bits per heavy atom. The molecule has 0 radical (unpaired) electrons. The van der Waals surface area contributed by atoms with Gasteiger partial charge >= 0.3 is 0 Å². The Morgan fingerprint density at radius 1 is 1.12 bits per heavy atom. The van der Waals surface area contributed by atoms with Crippen molar-refractivity contribution in [3.8, 4) is 0 Å². The largest absolute Gasteiger partial charge is 0.347 e. The lowest BCUT2D eigenvalue weighted by atomic mass is 9.99. The van der Waals surface area contributed by atoms with E-state index >= 15 is 0 Å². The highest BCUT2D eigenvalue weighted by Gasteiger charge is 2.23. The first-order valence-electron chi connectivity index (χ1n) is 6.22. The van der Waals surface area contributed by atoms with Gasteiger partial charge in [-0.25, -0.2) is 0 Å². The molecule has 0 aromatic rings. The molecule has 1 amide bonds. The van der Waals surface area contributed by atoms with E-state index in [0.29, 0.717) is 17.9 Å². The van der Waals surface area contributed by atoms with E-state index < -0.39 is 0 Å². The number of hydrogen-bond acceptors (Lipinski definition) is 2. The van der Waals surface area contributed by atoms with Crippen LogP contribution in [0.2, 0.25) is 0 Å². The number of carbonyl (C=O) groups excluding carboxylic acids is 1. The number of amides is 1. The van der Waals surface area contributed by atoms with Crippen molar-refractivity contribution in [3.05, 3.63) is 0 Å². The molecule has 0 bridgehead atoms. The first-order chi connectivity index (χ1) is 7.25. The molecule has 0 saturated carbocycles. The molecule has 2 atom stereocenters. The van der Waals surface area contributed by atoms with E-state index in [4.69, 9.17) is 0 Å². The van der Waals surface area contributed by atoms with Gasteiger partial charge in [-0.1, -0.05) is 27.7 Å². The Bertz CT molecular complexity index is 212. The summed E-state index contributed by atoms with van der Waals surface area (Å²) >= 11 is 0. The van der Waals surface area contributed by atoms with E-state index in [0.717, 1.165) is 6.42 Å². The number of hydrogen-bond donors (Lipinski definition) is 1. The topological polar surface area (TPSA) is 32.3 Å². The first kappa shape index (κ1) is 15.4. The third-order valence-electron chi connectivity index (χ3n) is 2.91. The highest BCUT2D eigenvalue weighted by Crippen LogP contribution is 2.10. The summed E-state index contributed by atoms with van der Waals surface area (Å²) in [7, 11) is 3.63. The normalized spacial score (nSPS) is 15.3. The number of carbonyl (C=O) groups is 1. The molecule has 96 valence electrons. The Hall–Kier alpha value is -0.570. The minimum Gasteiger partial charge on any atom is -0.347 e. The van der Waals surface area contributed by atoms with E-state index in [2.05, 4.69) is 39.9 Å². The molecule has 0 aromatic carbocycles. The van der Waals surface area contributed by atoms with Crippen LogP contribution in [0.25, 0.3) is 0 Å². The molecule has 0 aromatic heterocycles. The van der Waals surface area contributed by atoms with Gasteiger partial charge in [0.05, 0.1) is 6.04 Å². The molecule has 0 rings (SSSR count). The van der Waals surface area contributed by atoms with Gasteiger partial charge in [0, 0.05) is 20.1 Å². The lowest BCUT2D eigenvalue weighted by Gasteiger charge is -2.28. The summed E-state index contributed by atoms with van der Waals surface area (Å²) in [5.74, 6) is 1.26. The van der Waals surface area contributed by atoms with Gasteiger partial charge in [-0.15, -0.1) is 0 Å². The molecule has 16 heavy (non-hydrogen) atoms. The zero-order valence-corrected chi connectivity index (χ0v) is 11.9. The standard InChI is InChI=1S/C13H28N2O/c1-9(2)8-12(13(16)15(6)7)14-11(5)10(3)4/h9-12,14H,8H2,1-7H3. The summed E-state index contributed by atoms with van der Waals surface area (Å²) < 4.78 is 0. The molecule has 0 aliphatic rings. The van der Waals surface area contributed by atoms with Gasteiger partial charge in [-0.3, -0.25) is 4.79 Å². The van der Waals surface area contributed by atoms with Gasteiger partial charge in [0.25, 0.3) is 0 Å². The molecule has 0 heterocycles. The van der Waals surface area contributed by atoms with Crippen LogP contribution in [0.15, 0.2) is 0 Å². The van der Waals surface area contributed by atoms with Crippen molar-refractivity contribution in [1.29, 1.82) is 0 Å². The van der Waals surface area contributed by atoms with Gasteiger partial charge in [-0.2, -0.15) is 0 Å². The Balaban J connectivity index is 4.49. The monoisotopic (exact) mass is 228 g/mol. The van der Waals surface area contributed by atoms with Crippen LogP contribution in [0.1, 0.15) is 41.0 Å². The third kappa shape index (κ3) is 5.50. The van der Waals surface area contributed by atoms with Crippen LogP contribution in [-0.4, -0.2) is 37.0 Å². The fourth-order valence-electron chi connectivity index (χ4n) is 1.53. The lowest BCUT2D eigenvalue weighted by molar-refractivity contribution is -0.131. The summed E-state index contributed by atoms with van der Waals surface area (Å²) in [5.41, 5.74) is 0. The summed E-state index contributed by atoms with van der Waals surface area (Å²) in [4.78, 5) is 13.7. The van der Waals surface area contributed by atoms with Crippen LogP contribution in [0, 0.1) is 11.8 Å². The molecule has 0 saturated heterocycles. The van der Waals surface area contributed by atoms with Gasteiger partial charge in [-0.05, 0) is 25.2 Å². The summed E-state index contributed by atoms with van der Waals surface area (Å²) in [6.07, 6.45) is 0.897. The van der Waals surface area contributed by atoms with Gasteiger partial charge in [0.1, 0.15) is 0 Å². The van der Waals surface area contributed by atoms with Crippen molar-refractivity contribution >= 4 is 5.91 Å². The number of rotatable bonds is 6. The van der Waals surface area contributed by atoms with Crippen molar-refractivity contribution in [2.24, 2.45) is 11.8 Å². The average molecular weight is 228 g/mol. The Kier molecular flexibility index (Phi) is 6.65. The minimum absolute atomic E-state index is 0.0487. The summed E-state index contributed by atoms with van der Waals surface area (Å²) in [6, 6.07) is 0.319. The zero-order chi connectivity index (χ0) is 12.9. The highest BCUT2D eigenvalue weighted by molar-refractivity contribution is 5.81. The molecular formula is C13H28N2O. The van der Waals surface area contributed by atoms with E-state index in [1.54, 1.807) is 4.90 Å². The first-order valence-corrected chi connectivity index (χ1v) is 6.22. The molecule has 0 aliphatic carbocycles. The SMILES string of the molecule is CC(C)CC(NC(C)C(C)C)C(=O)N(C)C.